The lowest BCUT2D eigenvalue weighted by atomic mass is 10.0. The lowest BCUT2D eigenvalue weighted by Gasteiger charge is -2.20. The Kier molecular flexibility index (Phi) is 7.40. The van der Waals surface area contributed by atoms with Crippen molar-refractivity contribution in [1.29, 1.82) is 0 Å². The molecule has 0 bridgehead atoms. The number of anilines is 1. The van der Waals surface area contributed by atoms with Crippen molar-refractivity contribution in [3.63, 3.8) is 0 Å². The Morgan fingerprint density at radius 3 is 2.38 bits per heavy atom. The van der Waals surface area contributed by atoms with Crippen LogP contribution in [0.3, 0.4) is 0 Å². The first kappa shape index (κ1) is 23.7. The molecule has 0 aliphatic heterocycles. The second-order valence-corrected chi connectivity index (χ2v) is 8.98. The minimum absolute atomic E-state index is 0.0292. The molecule has 0 spiro atoms. The van der Waals surface area contributed by atoms with Crippen molar-refractivity contribution in [2.24, 2.45) is 0 Å². The Morgan fingerprint density at radius 2 is 1.68 bits per heavy atom. The number of aromatic nitrogens is 3. The third-order valence-corrected chi connectivity index (χ3v) is 6.44. The molecule has 34 heavy (non-hydrogen) atoms. The largest absolute Gasteiger partial charge is 0.325 e. The topological polar surface area (TPSA) is 63.1 Å². The summed E-state index contributed by atoms with van der Waals surface area (Å²) in [7, 11) is 3.91. The second-order valence-electron chi connectivity index (χ2n) is 8.04. The molecule has 1 aromatic heterocycles. The second kappa shape index (κ2) is 10.6. The van der Waals surface area contributed by atoms with E-state index in [0.29, 0.717) is 11.0 Å². The van der Waals surface area contributed by atoms with Gasteiger partial charge in [0.15, 0.2) is 11.0 Å². The van der Waals surface area contributed by atoms with E-state index in [-0.39, 0.29) is 23.5 Å². The van der Waals surface area contributed by atoms with Gasteiger partial charge in [-0.1, -0.05) is 60.3 Å². The molecule has 4 rings (SSSR count). The highest BCUT2D eigenvalue weighted by Crippen LogP contribution is 2.29. The molecular weight excluding hydrogens is 449 g/mol. The molecule has 1 N–H and O–H groups in total. The van der Waals surface area contributed by atoms with Gasteiger partial charge in [-0.05, 0) is 56.9 Å². The van der Waals surface area contributed by atoms with Gasteiger partial charge in [0, 0.05) is 16.9 Å². The molecule has 4 aromatic rings. The van der Waals surface area contributed by atoms with Gasteiger partial charge in [-0.2, -0.15) is 0 Å². The van der Waals surface area contributed by atoms with Gasteiger partial charge in [-0.25, -0.2) is 4.39 Å². The van der Waals surface area contributed by atoms with Gasteiger partial charge in [0.2, 0.25) is 5.91 Å². The summed E-state index contributed by atoms with van der Waals surface area (Å²) in [5, 5.41) is 12.3. The molecular formula is C26H26FN5OS. The average molecular weight is 476 g/mol. The number of para-hydroxylation sites is 1. The lowest BCUT2D eigenvalue weighted by Crippen LogP contribution is -2.21. The van der Waals surface area contributed by atoms with Gasteiger partial charge >= 0.3 is 0 Å². The summed E-state index contributed by atoms with van der Waals surface area (Å²) in [6.07, 6.45) is 0. The fourth-order valence-electron chi connectivity index (χ4n) is 3.49. The summed E-state index contributed by atoms with van der Waals surface area (Å²) in [5.74, 6) is 0.404. The normalized spacial score (nSPS) is 12.0. The van der Waals surface area contributed by atoms with E-state index in [1.54, 1.807) is 12.1 Å². The number of amides is 1. The molecule has 0 saturated carbocycles. The number of nitrogens with one attached hydrogen (secondary N) is 1. The fraction of sp³-hybridized carbons (Fsp3) is 0.192. The predicted molar refractivity (Wildman–Crippen MR) is 135 cm³/mol. The molecule has 0 saturated heterocycles. The quantitative estimate of drug-likeness (QED) is 0.345. The van der Waals surface area contributed by atoms with Crippen molar-refractivity contribution < 1.29 is 9.18 Å². The van der Waals surface area contributed by atoms with Gasteiger partial charge in [-0.15, -0.1) is 10.2 Å². The highest BCUT2D eigenvalue weighted by Gasteiger charge is 2.21. The van der Waals surface area contributed by atoms with E-state index >= 15 is 0 Å². The van der Waals surface area contributed by atoms with Crippen LogP contribution in [-0.2, 0) is 4.79 Å². The number of rotatable bonds is 8. The van der Waals surface area contributed by atoms with Crippen molar-refractivity contribution in [1.82, 2.24) is 19.7 Å². The number of carbonyl (C=O) groups excluding carboxylic acids is 1. The fourth-order valence-corrected chi connectivity index (χ4v) is 4.25. The van der Waals surface area contributed by atoms with Crippen LogP contribution in [0.2, 0.25) is 0 Å². The first-order chi connectivity index (χ1) is 16.4. The number of carbonyl (C=O) groups is 1. The average Bonchev–Trinajstić information content (AvgIpc) is 3.27. The van der Waals surface area contributed by atoms with E-state index in [4.69, 9.17) is 0 Å². The molecule has 0 unspecified atom stereocenters. The summed E-state index contributed by atoms with van der Waals surface area (Å²) in [6, 6.07) is 23.8. The molecule has 1 amide bonds. The highest BCUT2D eigenvalue weighted by atomic mass is 32.2. The van der Waals surface area contributed by atoms with E-state index in [0.717, 1.165) is 22.5 Å². The van der Waals surface area contributed by atoms with Crippen molar-refractivity contribution >= 4 is 23.4 Å². The highest BCUT2D eigenvalue weighted by molar-refractivity contribution is 7.99. The molecule has 6 nitrogen and oxygen atoms in total. The number of hydrogen-bond acceptors (Lipinski definition) is 5. The van der Waals surface area contributed by atoms with Crippen LogP contribution in [0.5, 0.6) is 0 Å². The molecule has 1 atom stereocenters. The molecule has 3 aromatic carbocycles. The monoisotopic (exact) mass is 475 g/mol. The molecule has 0 radical (unpaired) electrons. The van der Waals surface area contributed by atoms with Gasteiger partial charge in [0.1, 0.15) is 5.82 Å². The number of thioether (sulfide) groups is 1. The molecule has 0 fully saturated rings. The Hall–Kier alpha value is -3.49. The molecule has 0 aliphatic carbocycles. The zero-order chi connectivity index (χ0) is 24.1. The van der Waals surface area contributed by atoms with Crippen molar-refractivity contribution in [3.05, 3.63) is 90.5 Å². The van der Waals surface area contributed by atoms with Crippen molar-refractivity contribution in [2.75, 3.05) is 25.2 Å². The zero-order valence-corrected chi connectivity index (χ0v) is 20.1. The zero-order valence-electron chi connectivity index (χ0n) is 19.3. The van der Waals surface area contributed by atoms with Crippen LogP contribution in [0.15, 0.2) is 84.0 Å². The number of hydrogen-bond donors (Lipinski definition) is 1. The van der Waals surface area contributed by atoms with Crippen molar-refractivity contribution in [2.45, 2.75) is 18.1 Å². The Bertz CT molecular complexity index is 1260. The van der Waals surface area contributed by atoms with Crippen molar-refractivity contribution in [3.8, 4) is 16.8 Å². The maximum atomic E-state index is 13.5. The standard InChI is InChI=1S/C26H26FN5OS/c1-18(31(2)3)25-29-30-26(32(25)21-15-13-20(27)14-16-21)34-17-24(33)28-23-12-8-7-11-22(23)19-9-5-4-6-10-19/h4-16,18H,17H2,1-3H3,(H,28,33)/t18-/m0/s1. The summed E-state index contributed by atoms with van der Waals surface area (Å²) in [4.78, 5) is 14.9. The molecule has 174 valence electrons. The predicted octanol–water partition coefficient (Wildman–Crippen LogP) is 5.43. The van der Waals surface area contributed by atoms with E-state index in [2.05, 4.69) is 15.5 Å². The summed E-state index contributed by atoms with van der Waals surface area (Å²) < 4.78 is 15.4. The number of halogens is 1. The molecule has 0 aliphatic rings. The van der Waals surface area contributed by atoms with E-state index < -0.39 is 0 Å². The SMILES string of the molecule is C[C@@H](c1nnc(SCC(=O)Nc2ccccc2-c2ccccc2)n1-c1ccc(F)cc1)N(C)C. The van der Waals surface area contributed by atoms with Crippen LogP contribution in [0, 0.1) is 5.82 Å². The summed E-state index contributed by atoms with van der Waals surface area (Å²) in [5.41, 5.74) is 3.48. The minimum atomic E-state index is -0.315. The smallest absolute Gasteiger partial charge is 0.234 e. The van der Waals surface area contributed by atoms with Gasteiger partial charge in [0.25, 0.3) is 0 Å². The van der Waals surface area contributed by atoms with Crippen LogP contribution in [-0.4, -0.2) is 45.4 Å². The Labute approximate surface area is 202 Å². The van der Waals surface area contributed by atoms with Gasteiger partial charge in [-0.3, -0.25) is 14.3 Å². The van der Waals surface area contributed by atoms with E-state index in [1.165, 1.54) is 23.9 Å². The van der Waals surface area contributed by atoms with Crippen LogP contribution in [0.1, 0.15) is 18.8 Å². The minimum Gasteiger partial charge on any atom is -0.325 e. The van der Waals surface area contributed by atoms with E-state index in [1.807, 2.05) is 85.1 Å². The maximum absolute atomic E-state index is 13.5. The molecule has 8 heteroatoms. The molecule has 1 heterocycles. The van der Waals surface area contributed by atoms with Crippen LogP contribution < -0.4 is 5.32 Å². The van der Waals surface area contributed by atoms with Gasteiger partial charge in [0.05, 0.1) is 11.8 Å². The Balaban J connectivity index is 1.54. The van der Waals surface area contributed by atoms with Crippen LogP contribution >= 0.6 is 11.8 Å². The lowest BCUT2D eigenvalue weighted by molar-refractivity contribution is -0.113. The maximum Gasteiger partial charge on any atom is 0.234 e. The Morgan fingerprint density at radius 1 is 1.00 bits per heavy atom. The van der Waals surface area contributed by atoms with E-state index in [9.17, 15) is 9.18 Å². The third-order valence-electron chi connectivity index (χ3n) is 5.51. The summed E-state index contributed by atoms with van der Waals surface area (Å²) in [6.45, 7) is 2.02. The van der Waals surface area contributed by atoms with Crippen LogP contribution in [0.4, 0.5) is 10.1 Å². The number of nitrogens with zero attached hydrogens (tertiary/aromatic N) is 4. The first-order valence-corrected chi connectivity index (χ1v) is 11.9. The van der Waals surface area contributed by atoms with Crippen LogP contribution in [0.25, 0.3) is 16.8 Å². The first-order valence-electron chi connectivity index (χ1n) is 10.9. The number of benzene rings is 3. The van der Waals surface area contributed by atoms with Gasteiger partial charge < -0.3 is 5.32 Å². The third kappa shape index (κ3) is 5.35. The summed E-state index contributed by atoms with van der Waals surface area (Å²) >= 11 is 1.29.